The number of thioether (sulfide) groups is 1. The monoisotopic (exact) mass is 371 g/mol. The second-order valence-corrected chi connectivity index (χ2v) is 7.23. The number of non-ortho nitro benzene ring substituents is 1. The zero-order valence-electron chi connectivity index (χ0n) is 12.9. The zero-order chi connectivity index (χ0) is 17.6. The Morgan fingerprint density at radius 2 is 1.80 bits per heavy atom. The molecule has 0 aliphatic carbocycles. The van der Waals surface area contributed by atoms with E-state index >= 15 is 0 Å². The smallest absolute Gasteiger partial charge is 0.269 e. The quantitative estimate of drug-likeness (QED) is 0.468. The van der Waals surface area contributed by atoms with Crippen molar-refractivity contribution in [2.45, 2.75) is 11.4 Å². The largest absolute Gasteiger partial charge is 0.319 e. The van der Waals surface area contributed by atoms with E-state index in [9.17, 15) is 14.9 Å². The molecule has 2 saturated heterocycles. The van der Waals surface area contributed by atoms with Gasteiger partial charge in [0.25, 0.3) is 11.6 Å². The van der Waals surface area contributed by atoms with Crippen molar-refractivity contribution in [3.8, 4) is 0 Å². The van der Waals surface area contributed by atoms with E-state index in [1.54, 1.807) is 23.9 Å². The molecule has 0 spiro atoms. The van der Waals surface area contributed by atoms with Crippen LogP contribution in [-0.2, 0) is 4.79 Å². The Bertz CT molecular complexity index is 857. The number of nitro benzene ring substituents is 1. The first-order valence-electron chi connectivity index (χ1n) is 7.65. The highest BCUT2D eigenvalue weighted by molar-refractivity contribution is 7.99. The van der Waals surface area contributed by atoms with E-state index in [2.05, 4.69) is 0 Å². The molecule has 2 aromatic carbocycles. The standard InChI is InChI=1S/C17H13N3O3S2/c21-15-14-10-25-16(11-4-2-1-3-5-11)19(14)17(24)18(15)12-6-8-13(9-7-12)20(22)23/h1-9,14,16H,10H2/t14-,16?/m0/s1. The van der Waals surface area contributed by atoms with Crippen LogP contribution >= 0.6 is 24.0 Å². The Kier molecular flexibility index (Phi) is 3.93. The number of amides is 1. The van der Waals surface area contributed by atoms with Gasteiger partial charge < -0.3 is 4.90 Å². The van der Waals surface area contributed by atoms with Crippen LogP contribution in [0.1, 0.15) is 10.9 Å². The molecule has 0 aromatic heterocycles. The Balaban J connectivity index is 1.66. The van der Waals surface area contributed by atoms with Crippen molar-refractivity contribution in [1.29, 1.82) is 0 Å². The van der Waals surface area contributed by atoms with E-state index in [-0.39, 0.29) is 23.0 Å². The first-order chi connectivity index (χ1) is 12.1. The lowest BCUT2D eigenvalue weighted by atomic mass is 10.2. The average molecular weight is 371 g/mol. The molecule has 0 N–H and O–H groups in total. The van der Waals surface area contributed by atoms with Crippen LogP contribution in [0.5, 0.6) is 0 Å². The highest BCUT2D eigenvalue weighted by atomic mass is 32.2. The fraction of sp³-hybridized carbons (Fsp3) is 0.176. The second kappa shape index (κ2) is 6.12. The molecule has 1 amide bonds. The number of hydrogen-bond donors (Lipinski definition) is 0. The molecule has 6 nitrogen and oxygen atoms in total. The van der Waals surface area contributed by atoms with Crippen LogP contribution in [0.3, 0.4) is 0 Å². The van der Waals surface area contributed by atoms with Crippen LogP contribution in [0, 0.1) is 10.1 Å². The Morgan fingerprint density at radius 1 is 1.12 bits per heavy atom. The van der Waals surface area contributed by atoms with Crippen molar-refractivity contribution >= 4 is 46.4 Å². The molecule has 0 bridgehead atoms. The first-order valence-corrected chi connectivity index (χ1v) is 9.11. The van der Waals surface area contributed by atoms with Gasteiger partial charge in [0.1, 0.15) is 11.4 Å². The molecule has 126 valence electrons. The predicted octanol–water partition coefficient (Wildman–Crippen LogP) is 3.34. The highest BCUT2D eigenvalue weighted by Gasteiger charge is 2.50. The maximum Gasteiger partial charge on any atom is 0.269 e. The van der Waals surface area contributed by atoms with Crippen LogP contribution < -0.4 is 4.90 Å². The maximum absolute atomic E-state index is 12.8. The molecule has 2 atom stereocenters. The van der Waals surface area contributed by atoms with Crippen LogP contribution in [0.4, 0.5) is 11.4 Å². The van der Waals surface area contributed by atoms with Gasteiger partial charge in [0.15, 0.2) is 5.11 Å². The summed E-state index contributed by atoms with van der Waals surface area (Å²) in [6, 6.07) is 15.6. The molecular formula is C17H13N3O3S2. The van der Waals surface area contributed by atoms with Gasteiger partial charge in [0.05, 0.1) is 10.6 Å². The van der Waals surface area contributed by atoms with Gasteiger partial charge >= 0.3 is 0 Å². The maximum atomic E-state index is 12.8. The first kappa shape index (κ1) is 16.0. The minimum Gasteiger partial charge on any atom is -0.319 e. The molecule has 2 aliphatic heterocycles. The van der Waals surface area contributed by atoms with Crippen LogP contribution in [0.15, 0.2) is 54.6 Å². The molecular weight excluding hydrogens is 358 g/mol. The highest BCUT2D eigenvalue weighted by Crippen LogP contribution is 2.46. The van der Waals surface area contributed by atoms with Gasteiger partial charge in [-0.3, -0.25) is 19.8 Å². The second-order valence-electron chi connectivity index (χ2n) is 5.75. The SMILES string of the molecule is O=C1[C@@H]2CSC(c3ccccc3)N2C(=S)N1c1ccc([N+](=O)[O-])cc1. The number of carbonyl (C=O) groups excluding carboxylic acids is 1. The van der Waals surface area contributed by atoms with E-state index in [0.717, 1.165) is 5.56 Å². The Hall–Kier alpha value is -2.45. The van der Waals surface area contributed by atoms with Gasteiger partial charge in [0, 0.05) is 17.9 Å². The Labute approximate surface area is 153 Å². The van der Waals surface area contributed by atoms with E-state index in [4.69, 9.17) is 12.2 Å². The van der Waals surface area contributed by atoms with E-state index in [0.29, 0.717) is 16.6 Å². The number of benzene rings is 2. The number of thiocarbonyl (C=S) groups is 1. The van der Waals surface area contributed by atoms with Crippen molar-refractivity contribution in [2.75, 3.05) is 10.7 Å². The summed E-state index contributed by atoms with van der Waals surface area (Å²) >= 11 is 7.28. The number of hydrogen-bond acceptors (Lipinski definition) is 5. The van der Waals surface area contributed by atoms with Gasteiger partial charge in [-0.1, -0.05) is 30.3 Å². The minimum atomic E-state index is -0.464. The van der Waals surface area contributed by atoms with E-state index in [1.807, 2.05) is 35.2 Å². The summed E-state index contributed by atoms with van der Waals surface area (Å²) < 4.78 is 0. The van der Waals surface area contributed by atoms with E-state index < -0.39 is 4.92 Å². The summed E-state index contributed by atoms with van der Waals surface area (Å²) in [6.45, 7) is 0. The molecule has 2 aliphatic rings. The average Bonchev–Trinajstić information content (AvgIpc) is 3.17. The van der Waals surface area contributed by atoms with Gasteiger partial charge in [-0.05, 0) is 29.9 Å². The van der Waals surface area contributed by atoms with E-state index in [1.165, 1.54) is 17.0 Å². The molecule has 1 unspecified atom stereocenters. The number of nitrogens with zero attached hydrogens (tertiary/aromatic N) is 3. The number of fused-ring (bicyclic) bond motifs is 1. The minimum absolute atomic E-state index is 0.00528. The molecule has 0 radical (unpaired) electrons. The van der Waals surface area contributed by atoms with Crippen LogP contribution in [0.2, 0.25) is 0 Å². The Morgan fingerprint density at radius 3 is 2.44 bits per heavy atom. The third kappa shape index (κ3) is 2.58. The summed E-state index contributed by atoms with van der Waals surface area (Å²) in [6.07, 6.45) is 0. The molecule has 0 saturated carbocycles. The lowest BCUT2D eigenvalue weighted by Gasteiger charge is -2.25. The third-order valence-corrected chi connectivity index (χ3v) is 6.04. The summed E-state index contributed by atoms with van der Waals surface area (Å²) in [5, 5.41) is 11.3. The van der Waals surface area contributed by atoms with Crippen molar-refractivity contribution in [3.63, 3.8) is 0 Å². The lowest BCUT2D eigenvalue weighted by molar-refractivity contribution is -0.384. The topological polar surface area (TPSA) is 66.7 Å². The number of anilines is 1. The summed E-state index contributed by atoms with van der Waals surface area (Å²) in [7, 11) is 0. The zero-order valence-corrected chi connectivity index (χ0v) is 14.6. The molecule has 2 heterocycles. The summed E-state index contributed by atoms with van der Waals surface area (Å²) in [5.41, 5.74) is 1.65. The van der Waals surface area contributed by atoms with Gasteiger partial charge in [-0.25, -0.2) is 0 Å². The molecule has 4 rings (SSSR count). The fourth-order valence-corrected chi connectivity index (χ4v) is 5.04. The normalized spacial score (nSPS) is 22.4. The van der Waals surface area contributed by atoms with Gasteiger partial charge in [0.2, 0.25) is 0 Å². The summed E-state index contributed by atoms with van der Waals surface area (Å²) in [4.78, 5) is 26.6. The summed E-state index contributed by atoms with van der Waals surface area (Å²) in [5.74, 6) is 0.590. The van der Waals surface area contributed by atoms with Crippen molar-refractivity contribution in [2.24, 2.45) is 0 Å². The van der Waals surface area contributed by atoms with Crippen molar-refractivity contribution in [1.82, 2.24) is 4.90 Å². The third-order valence-electron chi connectivity index (χ3n) is 4.32. The number of carbonyl (C=O) groups is 1. The van der Waals surface area contributed by atoms with Gasteiger partial charge in [-0.15, -0.1) is 11.8 Å². The number of rotatable bonds is 3. The molecule has 2 aromatic rings. The fourth-order valence-electron chi connectivity index (χ4n) is 3.12. The van der Waals surface area contributed by atoms with Crippen molar-refractivity contribution < 1.29 is 9.72 Å². The van der Waals surface area contributed by atoms with Crippen LogP contribution in [0.25, 0.3) is 0 Å². The van der Waals surface area contributed by atoms with Crippen molar-refractivity contribution in [3.05, 3.63) is 70.3 Å². The lowest BCUT2D eigenvalue weighted by Crippen LogP contribution is -2.33. The molecule has 8 heteroatoms. The van der Waals surface area contributed by atoms with Crippen LogP contribution in [-0.4, -0.2) is 32.6 Å². The molecule has 2 fully saturated rings. The van der Waals surface area contributed by atoms with Gasteiger partial charge in [-0.2, -0.15) is 0 Å². The molecule has 25 heavy (non-hydrogen) atoms. The number of nitro groups is 1. The predicted molar refractivity (Wildman–Crippen MR) is 100 cm³/mol.